The minimum Gasteiger partial charge on any atom is -0.337 e. The molecule has 0 aliphatic carbocycles. The van der Waals surface area contributed by atoms with Crippen LogP contribution in [0.2, 0.25) is 0 Å². The highest BCUT2D eigenvalue weighted by Crippen LogP contribution is 2.19. The lowest BCUT2D eigenvalue weighted by molar-refractivity contribution is 0.570. The van der Waals surface area contributed by atoms with Gasteiger partial charge in [-0.1, -0.05) is 0 Å². The van der Waals surface area contributed by atoms with Crippen molar-refractivity contribution in [3.63, 3.8) is 0 Å². The molecule has 90 valence electrons. The Labute approximate surface area is 95.8 Å². The molecule has 6 heteroatoms. The Morgan fingerprint density at radius 1 is 1.62 bits per heavy atom. The zero-order chi connectivity index (χ0) is 11.6. The quantitative estimate of drug-likeness (QED) is 0.814. The molecule has 1 unspecified atom stereocenters. The van der Waals surface area contributed by atoms with Crippen LogP contribution in [0.3, 0.4) is 0 Å². The Balaban J connectivity index is 1.83. The average Bonchev–Trinajstić information content (AvgIpc) is 2.75. The lowest BCUT2D eigenvalue weighted by atomic mass is 10.2. The Morgan fingerprint density at radius 2 is 2.44 bits per heavy atom. The lowest BCUT2D eigenvalue weighted by Crippen LogP contribution is -2.30. The summed E-state index contributed by atoms with van der Waals surface area (Å²) >= 11 is 0. The van der Waals surface area contributed by atoms with E-state index in [9.17, 15) is 8.42 Å². The van der Waals surface area contributed by atoms with Gasteiger partial charge in [-0.15, -0.1) is 0 Å². The van der Waals surface area contributed by atoms with Crippen LogP contribution >= 0.6 is 0 Å². The van der Waals surface area contributed by atoms with Crippen molar-refractivity contribution in [2.75, 3.05) is 12.3 Å². The molecule has 0 amide bonds. The molecule has 1 N–H and O–H groups in total. The van der Waals surface area contributed by atoms with E-state index < -0.39 is 9.84 Å². The van der Waals surface area contributed by atoms with Crippen molar-refractivity contribution in [2.24, 2.45) is 7.05 Å². The Bertz CT molecular complexity index is 452. The standard InChI is InChI=1S/C10H17N3O2S/c1-13-8-12-6-9(13)5-11-7-10-3-2-4-16(10,14)15/h6,8,10-11H,2-5,7H2,1H3. The first-order valence-electron chi connectivity index (χ1n) is 5.47. The molecule has 0 spiro atoms. The van der Waals surface area contributed by atoms with Crippen molar-refractivity contribution < 1.29 is 8.42 Å². The maximum atomic E-state index is 11.6. The number of sulfone groups is 1. The molecule has 0 radical (unpaired) electrons. The van der Waals surface area contributed by atoms with Gasteiger partial charge in [-0.2, -0.15) is 0 Å². The molecule has 1 fully saturated rings. The van der Waals surface area contributed by atoms with Crippen molar-refractivity contribution in [1.82, 2.24) is 14.9 Å². The first-order valence-corrected chi connectivity index (χ1v) is 7.18. The number of hydrogen-bond acceptors (Lipinski definition) is 4. The van der Waals surface area contributed by atoms with Gasteiger partial charge in [0, 0.05) is 26.3 Å². The fourth-order valence-corrected chi connectivity index (χ4v) is 3.80. The van der Waals surface area contributed by atoms with Crippen LogP contribution < -0.4 is 5.32 Å². The second kappa shape index (κ2) is 4.55. The van der Waals surface area contributed by atoms with Crippen LogP contribution in [0.25, 0.3) is 0 Å². The second-order valence-electron chi connectivity index (χ2n) is 4.26. The Kier molecular flexibility index (Phi) is 3.30. The highest BCUT2D eigenvalue weighted by Gasteiger charge is 2.30. The molecule has 1 aliphatic rings. The molecule has 2 rings (SSSR count). The normalized spacial score (nSPS) is 23.7. The molecule has 5 nitrogen and oxygen atoms in total. The molecule has 0 bridgehead atoms. The summed E-state index contributed by atoms with van der Waals surface area (Å²) in [5, 5.41) is 2.99. The molecule has 2 heterocycles. The van der Waals surface area contributed by atoms with Crippen molar-refractivity contribution >= 4 is 9.84 Å². The number of nitrogens with zero attached hydrogens (tertiary/aromatic N) is 2. The van der Waals surface area contributed by atoms with E-state index in [1.807, 2.05) is 11.6 Å². The van der Waals surface area contributed by atoms with E-state index >= 15 is 0 Å². The van der Waals surface area contributed by atoms with E-state index in [2.05, 4.69) is 10.3 Å². The number of hydrogen-bond donors (Lipinski definition) is 1. The SMILES string of the molecule is Cn1cncc1CNCC1CCCS1(=O)=O. The zero-order valence-corrected chi connectivity index (χ0v) is 10.2. The van der Waals surface area contributed by atoms with Crippen LogP contribution in [-0.4, -0.2) is 35.5 Å². The summed E-state index contributed by atoms with van der Waals surface area (Å²) in [5.74, 6) is 0.352. The molecule has 16 heavy (non-hydrogen) atoms. The number of rotatable bonds is 4. The van der Waals surface area contributed by atoms with E-state index in [0.717, 1.165) is 18.5 Å². The third kappa shape index (κ3) is 2.44. The van der Waals surface area contributed by atoms with Crippen molar-refractivity contribution in [1.29, 1.82) is 0 Å². The summed E-state index contributed by atoms with van der Waals surface area (Å²) in [6.45, 7) is 1.22. The predicted octanol–water partition coefficient (Wildman–Crippen LogP) is 0.0869. The maximum absolute atomic E-state index is 11.6. The van der Waals surface area contributed by atoms with Crippen LogP contribution in [0.1, 0.15) is 18.5 Å². The number of nitrogens with one attached hydrogen (secondary N) is 1. The molecule has 0 aromatic carbocycles. The fraction of sp³-hybridized carbons (Fsp3) is 0.700. The van der Waals surface area contributed by atoms with Crippen LogP contribution in [0, 0.1) is 0 Å². The van der Waals surface area contributed by atoms with Crippen LogP contribution in [0.5, 0.6) is 0 Å². The Hall–Kier alpha value is -0.880. The monoisotopic (exact) mass is 243 g/mol. The van der Waals surface area contributed by atoms with Gasteiger partial charge < -0.3 is 9.88 Å². The lowest BCUT2D eigenvalue weighted by Gasteiger charge is -2.10. The van der Waals surface area contributed by atoms with E-state index in [-0.39, 0.29) is 5.25 Å². The molecule has 0 saturated carbocycles. The highest BCUT2D eigenvalue weighted by molar-refractivity contribution is 7.92. The third-order valence-corrected chi connectivity index (χ3v) is 5.33. The molecular weight excluding hydrogens is 226 g/mol. The zero-order valence-electron chi connectivity index (χ0n) is 9.39. The van der Waals surface area contributed by atoms with Gasteiger partial charge in [0.05, 0.1) is 23.0 Å². The summed E-state index contributed by atoms with van der Waals surface area (Å²) in [6, 6.07) is 0. The number of imidazole rings is 1. The van der Waals surface area contributed by atoms with Crippen molar-refractivity contribution in [3.05, 3.63) is 18.2 Å². The van der Waals surface area contributed by atoms with E-state index in [0.29, 0.717) is 18.8 Å². The van der Waals surface area contributed by atoms with Gasteiger partial charge in [-0.05, 0) is 12.8 Å². The minimum atomic E-state index is -2.82. The molecule has 1 atom stereocenters. The summed E-state index contributed by atoms with van der Waals surface area (Å²) in [5.41, 5.74) is 1.07. The van der Waals surface area contributed by atoms with E-state index in [1.165, 1.54) is 0 Å². The molecule has 1 saturated heterocycles. The van der Waals surface area contributed by atoms with Crippen LogP contribution in [-0.2, 0) is 23.4 Å². The van der Waals surface area contributed by atoms with Gasteiger partial charge in [-0.3, -0.25) is 0 Å². The molecule has 1 aliphatic heterocycles. The second-order valence-corrected chi connectivity index (χ2v) is 6.66. The summed E-state index contributed by atoms with van der Waals surface area (Å²) in [4.78, 5) is 4.01. The maximum Gasteiger partial charge on any atom is 0.154 e. The number of aryl methyl sites for hydroxylation is 1. The third-order valence-electron chi connectivity index (χ3n) is 3.06. The number of aromatic nitrogens is 2. The largest absolute Gasteiger partial charge is 0.337 e. The minimum absolute atomic E-state index is 0.194. The predicted molar refractivity (Wildman–Crippen MR) is 61.7 cm³/mol. The van der Waals surface area contributed by atoms with Crippen LogP contribution in [0.15, 0.2) is 12.5 Å². The highest BCUT2D eigenvalue weighted by atomic mass is 32.2. The topological polar surface area (TPSA) is 64.0 Å². The summed E-state index contributed by atoms with van der Waals surface area (Å²) < 4.78 is 25.1. The summed E-state index contributed by atoms with van der Waals surface area (Å²) in [7, 11) is -0.896. The first-order chi connectivity index (χ1) is 7.59. The van der Waals surface area contributed by atoms with Gasteiger partial charge in [0.15, 0.2) is 9.84 Å². The summed E-state index contributed by atoms with van der Waals surface area (Å²) in [6.07, 6.45) is 5.13. The van der Waals surface area contributed by atoms with Gasteiger partial charge >= 0.3 is 0 Å². The van der Waals surface area contributed by atoms with Gasteiger partial charge in [0.1, 0.15) is 0 Å². The fourth-order valence-electron chi connectivity index (χ4n) is 2.00. The molecular formula is C10H17N3O2S. The smallest absolute Gasteiger partial charge is 0.154 e. The van der Waals surface area contributed by atoms with E-state index in [4.69, 9.17) is 0 Å². The first kappa shape index (κ1) is 11.6. The van der Waals surface area contributed by atoms with Gasteiger partial charge in [0.25, 0.3) is 0 Å². The van der Waals surface area contributed by atoms with Gasteiger partial charge in [-0.25, -0.2) is 13.4 Å². The Morgan fingerprint density at radius 3 is 3.00 bits per heavy atom. The van der Waals surface area contributed by atoms with Crippen LogP contribution in [0.4, 0.5) is 0 Å². The van der Waals surface area contributed by atoms with Crippen molar-refractivity contribution in [3.8, 4) is 0 Å². The van der Waals surface area contributed by atoms with Gasteiger partial charge in [0.2, 0.25) is 0 Å². The molecule has 1 aromatic heterocycles. The van der Waals surface area contributed by atoms with Crippen molar-refractivity contribution in [2.45, 2.75) is 24.6 Å². The average molecular weight is 243 g/mol. The molecule has 1 aromatic rings. The van der Waals surface area contributed by atoms with E-state index in [1.54, 1.807) is 12.5 Å².